The van der Waals surface area contributed by atoms with Gasteiger partial charge in [-0.25, -0.2) is 0 Å². The monoisotopic (exact) mass is 204 g/mol. The summed E-state index contributed by atoms with van der Waals surface area (Å²) in [5, 5.41) is 0. The molecule has 2 rings (SSSR count). The molecule has 0 aliphatic carbocycles. The zero-order valence-corrected chi connectivity index (χ0v) is 9.11. The predicted octanol–water partition coefficient (Wildman–Crippen LogP) is 1.90. The van der Waals surface area contributed by atoms with Gasteiger partial charge in [0, 0.05) is 19.6 Å². The van der Waals surface area contributed by atoms with Crippen molar-refractivity contribution in [3.63, 3.8) is 0 Å². The molecule has 0 bridgehead atoms. The van der Waals surface area contributed by atoms with E-state index in [0.717, 1.165) is 39.3 Å². The molecule has 2 heteroatoms. The van der Waals surface area contributed by atoms with Crippen LogP contribution in [0.2, 0.25) is 0 Å². The van der Waals surface area contributed by atoms with Crippen LogP contribution in [-0.4, -0.2) is 31.2 Å². The first-order valence-corrected chi connectivity index (χ1v) is 5.55. The second-order valence-electron chi connectivity index (χ2n) is 3.96. The average molecular weight is 204 g/mol. The van der Waals surface area contributed by atoms with Crippen LogP contribution in [0.5, 0.6) is 0 Å². The van der Waals surface area contributed by atoms with Crippen LogP contribution in [0.3, 0.4) is 0 Å². The van der Waals surface area contributed by atoms with E-state index >= 15 is 0 Å². The van der Waals surface area contributed by atoms with Gasteiger partial charge in [0.1, 0.15) is 0 Å². The van der Waals surface area contributed by atoms with E-state index in [4.69, 9.17) is 4.74 Å². The van der Waals surface area contributed by atoms with Gasteiger partial charge in [0.05, 0.1) is 13.2 Å². The third kappa shape index (κ3) is 3.05. The molecule has 1 aliphatic heterocycles. The largest absolute Gasteiger partial charge is 0.379 e. The summed E-state index contributed by atoms with van der Waals surface area (Å²) in [5.74, 6) is 0. The first-order valence-electron chi connectivity index (χ1n) is 5.55. The molecular weight excluding hydrogens is 186 g/mol. The van der Waals surface area contributed by atoms with Gasteiger partial charge in [0.25, 0.3) is 0 Å². The van der Waals surface area contributed by atoms with Crippen LogP contribution in [0.1, 0.15) is 11.1 Å². The van der Waals surface area contributed by atoms with Crippen molar-refractivity contribution < 1.29 is 4.74 Å². The molecule has 1 aromatic carbocycles. The maximum atomic E-state index is 5.32. The first kappa shape index (κ1) is 10.7. The van der Waals surface area contributed by atoms with Crippen molar-refractivity contribution in [3.8, 4) is 0 Å². The molecule has 0 spiro atoms. The number of morpholine rings is 1. The third-order valence-corrected chi connectivity index (χ3v) is 2.82. The fraction of sp³-hybridized carbons (Fsp3) is 0.462. The molecule has 0 amide bonds. The second-order valence-corrected chi connectivity index (χ2v) is 3.96. The van der Waals surface area contributed by atoms with E-state index in [1.54, 1.807) is 0 Å². The molecule has 2 nitrogen and oxygen atoms in total. The molecule has 0 atom stereocenters. The number of benzene rings is 1. The Morgan fingerprint density at radius 1 is 1.07 bits per heavy atom. The summed E-state index contributed by atoms with van der Waals surface area (Å²) in [6, 6.07) is 8.75. The minimum Gasteiger partial charge on any atom is -0.379 e. The van der Waals surface area contributed by atoms with E-state index in [9.17, 15) is 0 Å². The van der Waals surface area contributed by atoms with Crippen molar-refractivity contribution in [1.29, 1.82) is 0 Å². The van der Waals surface area contributed by atoms with E-state index in [0.29, 0.717) is 0 Å². The maximum absolute atomic E-state index is 5.32. The van der Waals surface area contributed by atoms with Crippen molar-refractivity contribution in [1.82, 2.24) is 4.90 Å². The van der Waals surface area contributed by atoms with Gasteiger partial charge in [-0.15, -0.1) is 0 Å². The Hall–Kier alpha value is -0.860. The fourth-order valence-corrected chi connectivity index (χ4v) is 1.83. The Bertz CT molecular complexity index is 288. The van der Waals surface area contributed by atoms with Gasteiger partial charge in [-0.3, -0.25) is 4.90 Å². The van der Waals surface area contributed by atoms with Crippen LogP contribution in [0.25, 0.3) is 0 Å². The van der Waals surface area contributed by atoms with Crippen molar-refractivity contribution in [2.45, 2.75) is 13.0 Å². The molecule has 81 valence electrons. The normalized spacial score (nSPS) is 17.9. The number of hydrogen-bond donors (Lipinski definition) is 0. The molecule has 1 aliphatic rings. The van der Waals surface area contributed by atoms with Crippen LogP contribution >= 0.6 is 0 Å². The lowest BCUT2D eigenvalue weighted by Gasteiger charge is -2.26. The maximum Gasteiger partial charge on any atom is 0.0594 e. The van der Waals surface area contributed by atoms with Gasteiger partial charge in [0.15, 0.2) is 0 Å². The molecular formula is C13H18NO. The van der Waals surface area contributed by atoms with E-state index in [-0.39, 0.29) is 0 Å². The Morgan fingerprint density at radius 2 is 1.67 bits per heavy atom. The van der Waals surface area contributed by atoms with Crippen molar-refractivity contribution in [2.24, 2.45) is 0 Å². The molecule has 1 saturated heterocycles. The van der Waals surface area contributed by atoms with Gasteiger partial charge >= 0.3 is 0 Å². The number of nitrogens with zero attached hydrogens (tertiary/aromatic N) is 1. The summed E-state index contributed by atoms with van der Waals surface area (Å²) < 4.78 is 5.32. The highest BCUT2D eigenvalue weighted by molar-refractivity contribution is 5.22. The molecule has 0 aromatic heterocycles. The Labute approximate surface area is 91.9 Å². The second kappa shape index (κ2) is 5.29. The van der Waals surface area contributed by atoms with E-state index < -0.39 is 0 Å². The number of ether oxygens (including phenoxy) is 1. The molecule has 1 fully saturated rings. The summed E-state index contributed by atoms with van der Waals surface area (Å²) >= 11 is 0. The Morgan fingerprint density at radius 3 is 2.27 bits per heavy atom. The predicted molar refractivity (Wildman–Crippen MR) is 61.6 cm³/mol. The van der Waals surface area contributed by atoms with Crippen LogP contribution < -0.4 is 0 Å². The standard InChI is InChI=1S/C13H18NO/c1-2-12-3-5-13(6-4-12)11-14-7-9-15-10-8-14/h3-6H,1-2,7-11H2. The van der Waals surface area contributed by atoms with Crippen LogP contribution in [-0.2, 0) is 17.7 Å². The van der Waals surface area contributed by atoms with E-state index in [2.05, 4.69) is 36.1 Å². The zero-order chi connectivity index (χ0) is 10.5. The van der Waals surface area contributed by atoms with Gasteiger partial charge in [-0.2, -0.15) is 0 Å². The molecule has 0 saturated carbocycles. The lowest BCUT2D eigenvalue weighted by Crippen LogP contribution is -2.35. The summed E-state index contributed by atoms with van der Waals surface area (Å²) in [5.41, 5.74) is 2.69. The number of rotatable bonds is 3. The minimum absolute atomic E-state index is 0.872. The van der Waals surface area contributed by atoms with Crippen molar-refractivity contribution >= 4 is 0 Å². The van der Waals surface area contributed by atoms with E-state index in [1.165, 1.54) is 11.1 Å². The SMILES string of the molecule is [CH2]Cc1ccc(CN2CCOCC2)cc1. The van der Waals surface area contributed by atoms with Crippen LogP contribution in [0.4, 0.5) is 0 Å². The quantitative estimate of drug-likeness (QED) is 0.745. The van der Waals surface area contributed by atoms with Crippen LogP contribution in [0, 0.1) is 6.92 Å². The Balaban J connectivity index is 1.91. The van der Waals surface area contributed by atoms with Crippen LogP contribution in [0.15, 0.2) is 24.3 Å². The summed E-state index contributed by atoms with van der Waals surface area (Å²) in [6.45, 7) is 8.77. The minimum atomic E-state index is 0.872. The average Bonchev–Trinajstić information content (AvgIpc) is 2.31. The highest BCUT2D eigenvalue weighted by Crippen LogP contribution is 2.09. The molecule has 1 heterocycles. The van der Waals surface area contributed by atoms with Gasteiger partial charge in [-0.1, -0.05) is 24.3 Å². The smallest absolute Gasteiger partial charge is 0.0594 e. The molecule has 0 N–H and O–H groups in total. The van der Waals surface area contributed by atoms with E-state index in [1.807, 2.05) is 0 Å². The topological polar surface area (TPSA) is 12.5 Å². The van der Waals surface area contributed by atoms with Crippen molar-refractivity contribution in [2.75, 3.05) is 26.3 Å². The fourth-order valence-electron chi connectivity index (χ4n) is 1.83. The molecule has 0 unspecified atom stereocenters. The summed E-state index contributed by atoms with van der Waals surface area (Å²) in [6.07, 6.45) is 0.873. The number of hydrogen-bond acceptors (Lipinski definition) is 2. The summed E-state index contributed by atoms with van der Waals surface area (Å²) in [7, 11) is 0. The van der Waals surface area contributed by atoms with Gasteiger partial charge in [-0.05, 0) is 24.5 Å². The summed E-state index contributed by atoms with van der Waals surface area (Å²) in [4.78, 5) is 2.43. The zero-order valence-electron chi connectivity index (χ0n) is 9.11. The van der Waals surface area contributed by atoms with Crippen molar-refractivity contribution in [3.05, 3.63) is 42.3 Å². The highest BCUT2D eigenvalue weighted by Gasteiger charge is 2.10. The van der Waals surface area contributed by atoms with Gasteiger partial charge in [0.2, 0.25) is 0 Å². The molecule has 1 radical (unpaired) electrons. The highest BCUT2D eigenvalue weighted by atomic mass is 16.5. The third-order valence-electron chi connectivity index (χ3n) is 2.82. The van der Waals surface area contributed by atoms with Gasteiger partial charge < -0.3 is 4.74 Å². The lowest BCUT2D eigenvalue weighted by molar-refractivity contribution is 0.0342. The lowest BCUT2D eigenvalue weighted by atomic mass is 10.1. The molecule has 15 heavy (non-hydrogen) atoms. The molecule has 1 aromatic rings. The first-order chi connectivity index (χ1) is 7.38. The Kier molecular flexibility index (Phi) is 3.75.